The monoisotopic (exact) mass is 269 g/mol. The Morgan fingerprint density at radius 2 is 2.05 bits per heavy atom. The van der Waals surface area contributed by atoms with Crippen molar-refractivity contribution in [2.45, 2.75) is 52.1 Å². The van der Waals surface area contributed by atoms with Crippen molar-refractivity contribution in [3.05, 3.63) is 41.3 Å². The number of imidazole rings is 1. The van der Waals surface area contributed by atoms with Crippen LogP contribution in [0.4, 0.5) is 0 Å². The lowest BCUT2D eigenvalue weighted by Crippen LogP contribution is -2.19. The van der Waals surface area contributed by atoms with Crippen LogP contribution in [0.3, 0.4) is 0 Å². The normalized spacial score (nSPS) is 18.1. The third-order valence-corrected chi connectivity index (χ3v) is 4.38. The van der Waals surface area contributed by atoms with Gasteiger partial charge in [0.15, 0.2) is 0 Å². The van der Waals surface area contributed by atoms with E-state index >= 15 is 0 Å². The summed E-state index contributed by atoms with van der Waals surface area (Å²) in [6.07, 6.45) is 4.60. The highest BCUT2D eigenvalue weighted by atomic mass is 15.1. The number of benzene rings is 1. The van der Waals surface area contributed by atoms with Crippen molar-refractivity contribution in [2.75, 3.05) is 0 Å². The molecule has 0 bridgehead atoms. The van der Waals surface area contributed by atoms with E-state index in [4.69, 9.17) is 10.7 Å². The fourth-order valence-electron chi connectivity index (χ4n) is 3.22. The van der Waals surface area contributed by atoms with Gasteiger partial charge in [0.05, 0.1) is 11.4 Å². The van der Waals surface area contributed by atoms with Crippen molar-refractivity contribution in [1.29, 1.82) is 0 Å². The van der Waals surface area contributed by atoms with Crippen LogP contribution in [-0.4, -0.2) is 9.55 Å². The largest absolute Gasteiger partial charge is 0.327 e. The quantitative estimate of drug-likeness (QED) is 0.927. The Bertz CT molecular complexity index is 595. The lowest BCUT2D eigenvalue weighted by molar-refractivity contribution is 0.415. The van der Waals surface area contributed by atoms with Gasteiger partial charge in [-0.3, -0.25) is 0 Å². The van der Waals surface area contributed by atoms with E-state index in [0.29, 0.717) is 12.6 Å². The average Bonchev–Trinajstić information content (AvgIpc) is 2.87. The van der Waals surface area contributed by atoms with Gasteiger partial charge in [0, 0.05) is 24.6 Å². The Labute approximate surface area is 120 Å². The first kappa shape index (κ1) is 13.4. The molecule has 1 unspecified atom stereocenters. The Morgan fingerprint density at radius 3 is 2.70 bits per heavy atom. The van der Waals surface area contributed by atoms with E-state index in [9.17, 15) is 0 Å². The molecule has 20 heavy (non-hydrogen) atoms. The summed E-state index contributed by atoms with van der Waals surface area (Å²) >= 11 is 0. The second-order valence-corrected chi connectivity index (χ2v) is 5.69. The standard InChI is InChI=1S/C17H23N3/c1-3-13-7-9-14(10-8-13)17-15(11-18)20-12(2)5-4-6-16(20)19-17/h7-10,12H,3-6,11,18H2,1-2H3. The van der Waals surface area contributed by atoms with Crippen LogP contribution < -0.4 is 5.73 Å². The average molecular weight is 269 g/mol. The Kier molecular flexibility index (Phi) is 3.62. The molecule has 1 aliphatic rings. The van der Waals surface area contributed by atoms with Crippen LogP contribution in [0.5, 0.6) is 0 Å². The maximum absolute atomic E-state index is 6.01. The predicted octanol–water partition coefficient (Wildman–Crippen LogP) is 3.47. The number of rotatable bonds is 3. The van der Waals surface area contributed by atoms with Gasteiger partial charge in [-0.1, -0.05) is 31.2 Å². The van der Waals surface area contributed by atoms with Crippen molar-refractivity contribution < 1.29 is 0 Å². The number of aromatic nitrogens is 2. The Hall–Kier alpha value is -1.61. The van der Waals surface area contributed by atoms with Crippen molar-refractivity contribution in [3.63, 3.8) is 0 Å². The lowest BCUT2D eigenvalue weighted by Gasteiger charge is -2.23. The SMILES string of the molecule is CCc1ccc(-c2nc3n(c2CN)C(C)CCC3)cc1. The van der Waals surface area contributed by atoms with Crippen LogP contribution >= 0.6 is 0 Å². The molecule has 0 radical (unpaired) electrons. The van der Waals surface area contributed by atoms with Gasteiger partial charge in [-0.25, -0.2) is 4.98 Å². The number of nitrogens with two attached hydrogens (primary N) is 1. The molecule has 1 aromatic heterocycles. The molecule has 2 heterocycles. The van der Waals surface area contributed by atoms with Gasteiger partial charge >= 0.3 is 0 Å². The number of aryl methyl sites for hydroxylation is 2. The molecule has 3 heteroatoms. The van der Waals surface area contributed by atoms with Crippen LogP contribution in [0.2, 0.25) is 0 Å². The number of hydrogen-bond acceptors (Lipinski definition) is 2. The molecule has 1 aliphatic heterocycles. The molecule has 3 nitrogen and oxygen atoms in total. The molecule has 0 aliphatic carbocycles. The van der Waals surface area contributed by atoms with Crippen LogP contribution in [0.1, 0.15) is 49.8 Å². The summed E-state index contributed by atoms with van der Waals surface area (Å²) in [7, 11) is 0. The summed E-state index contributed by atoms with van der Waals surface area (Å²) in [5.74, 6) is 1.21. The Morgan fingerprint density at radius 1 is 1.30 bits per heavy atom. The second kappa shape index (κ2) is 5.41. The minimum Gasteiger partial charge on any atom is -0.327 e. The summed E-state index contributed by atoms with van der Waals surface area (Å²) in [6.45, 7) is 5.01. The molecule has 1 aromatic carbocycles. The summed E-state index contributed by atoms with van der Waals surface area (Å²) in [5.41, 5.74) is 10.8. The van der Waals surface area contributed by atoms with E-state index in [-0.39, 0.29) is 0 Å². The summed E-state index contributed by atoms with van der Waals surface area (Å²) in [5, 5.41) is 0. The molecule has 0 amide bonds. The van der Waals surface area contributed by atoms with Gasteiger partial charge in [0.25, 0.3) is 0 Å². The highest BCUT2D eigenvalue weighted by Crippen LogP contribution is 2.32. The number of hydrogen-bond donors (Lipinski definition) is 1. The molecule has 2 N–H and O–H groups in total. The van der Waals surface area contributed by atoms with Gasteiger partial charge in [-0.05, 0) is 31.7 Å². The predicted molar refractivity (Wildman–Crippen MR) is 82.6 cm³/mol. The molecule has 0 fully saturated rings. The van der Waals surface area contributed by atoms with E-state index in [1.54, 1.807) is 0 Å². The molecule has 0 spiro atoms. The third kappa shape index (κ3) is 2.16. The molecule has 2 aromatic rings. The minimum atomic E-state index is 0.522. The van der Waals surface area contributed by atoms with Gasteiger partial charge in [0.1, 0.15) is 5.82 Å². The van der Waals surface area contributed by atoms with E-state index in [1.807, 2.05) is 0 Å². The van der Waals surface area contributed by atoms with Crippen LogP contribution in [0.15, 0.2) is 24.3 Å². The second-order valence-electron chi connectivity index (χ2n) is 5.69. The van der Waals surface area contributed by atoms with Crippen LogP contribution in [0.25, 0.3) is 11.3 Å². The van der Waals surface area contributed by atoms with Crippen molar-refractivity contribution in [3.8, 4) is 11.3 Å². The van der Waals surface area contributed by atoms with Gasteiger partial charge < -0.3 is 10.3 Å². The highest BCUT2D eigenvalue weighted by Gasteiger charge is 2.23. The van der Waals surface area contributed by atoms with Crippen molar-refractivity contribution >= 4 is 0 Å². The maximum atomic E-state index is 6.01. The molecule has 106 valence electrons. The molecular formula is C17H23N3. The zero-order valence-electron chi connectivity index (χ0n) is 12.4. The fourth-order valence-corrected chi connectivity index (χ4v) is 3.22. The molecule has 1 atom stereocenters. The van der Waals surface area contributed by atoms with Gasteiger partial charge in [-0.2, -0.15) is 0 Å². The third-order valence-electron chi connectivity index (χ3n) is 4.38. The fraction of sp³-hybridized carbons (Fsp3) is 0.471. The maximum Gasteiger partial charge on any atom is 0.109 e. The lowest BCUT2D eigenvalue weighted by atomic mass is 10.0. The smallest absolute Gasteiger partial charge is 0.109 e. The van der Waals surface area contributed by atoms with E-state index in [0.717, 1.165) is 18.5 Å². The molecule has 0 saturated carbocycles. The first-order valence-corrected chi connectivity index (χ1v) is 7.64. The molecule has 3 rings (SSSR count). The first-order valence-electron chi connectivity index (χ1n) is 7.64. The van der Waals surface area contributed by atoms with E-state index in [2.05, 4.69) is 42.7 Å². The van der Waals surface area contributed by atoms with Crippen molar-refractivity contribution in [2.24, 2.45) is 5.73 Å². The zero-order chi connectivity index (χ0) is 14.1. The topological polar surface area (TPSA) is 43.8 Å². The zero-order valence-corrected chi connectivity index (χ0v) is 12.4. The van der Waals surface area contributed by atoms with Crippen molar-refractivity contribution in [1.82, 2.24) is 9.55 Å². The summed E-state index contributed by atoms with van der Waals surface area (Å²) in [6, 6.07) is 9.26. The van der Waals surface area contributed by atoms with E-state index in [1.165, 1.54) is 35.5 Å². The minimum absolute atomic E-state index is 0.522. The first-order chi connectivity index (χ1) is 9.74. The highest BCUT2D eigenvalue weighted by molar-refractivity contribution is 5.63. The molecular weight excluding hydrogens is 246 g/mol. The van der Waals surface area contributed by atoms with Crippen LogP contribution in [-0.2, 0) is 19.4 Å². The van der Waals surface area contributed by atoms with Gasteiger partial charge in [0.2, 0.25) is 0 Å². The van der Waals surface area contributed by atoms with Crippen LogP contribution in [0, 0.1) is 0 Å². The number of fused-ring (bicyclic) bond motifs is 1. The Balaban J connectivity index is 2.08. The van der Waals surface area contributed by atoms with Gasteiger partial charge in [-0.15, -0.1) is 0 Å². The molecule has 0 saturated heterocycles. The summed E-state index contributed by atoms with van der Waals surface area (Å²) < 4.78 is 2.37. The number of nitrogens with zero attached hydrogens (tertiary/aromatic N) is 2. The summed E-state index contributed by atoms with van der Waals surface area (Å²) in [4.78, 5) is 4.88. The van der Waals surface area contributed by atoms with E-state index < -0.39 is 0 Å².